The molecule has 2 heteroatoms. The van der Waals surface area contributed by atoms with Crippen LogP contribution < -0.4 is 5.32 Å². The summed E-state index contributed by atoms with van der Waals surface area (Å²) in [6.45, 7) is 10.0. The molecule has 0 amide bonds. The summed E-state index contributed by atoms with van der Waals surface area (Å²) in [5.74, 6) is 1.73. The Kier molecular flexibility index (Phi) is 7.87. The van der Waals surface area contributed by atoms with Gasteiger partial charge in [-0.2, -0.15) is 0 Å². The molecular formula is C15H31NO. The summed E-state index contributed by atoms with van der Waals surface area (Å²) in [6, 6.07) is 0. The highest BCUT2D eigenvalue weighted by atomic mass is 16.5. The van der Waals surface area contributed by atoms with Crippen molar-refractivity contribution in [2.75, 3.05) is 19.7 Å². The van der Waals surface area contributed by atoms with Gasteiger partial charge >= 0.3 is 0 Å². The molecule has 1 fully saturated rings. The standard InChI is InChI=1S/C15H31NO/c1-4-5-6-9-16-10-11-17-15-8-7-13(2)14(3)12-15/h13-16H,4-12H2,1-3H3. The molecule has 1 rings (SSSR count). The van der Waals surface area contributed by atoms with Crippen LogP contribution >= 0.6 is 0 Å². The number of hydrogen-bond acceptors (Lipinski definition) is 2. The Balaban J connectivity index is 1.92. The molecule has 0 radical (unpaired) electrons. The van der Waals surface area contributed by atoms with E-state index >= 15 is 0 Å². The Bertz CT molecular complexity index is 184. The first kappa shape index (κ1) is 15.0. The molecule has 3 unspecified atom stereocenters. The minimum absolute atomic E-state index is 0.527. The van der Waals surface area contributed by atoms with Gasteiger partial charge in [0.1, 0.15) is 0 Å². The van der Waals surface area contributed by atoms with Gasteiger partial charge in [0, 0.05) is 6.54 Å². The minimum Gasteiger partial charge on any atom is -0.377 e. The zero-order chi connectivity index (χ0) is 12.5. The van der Waals surface area contributed by atoms with Crippen LogP contribution in [0.2, 0.25) is 0 Å². The summed E-state index contributed by atoms with van der Waals surface area (Å²) in [4.78, 5) is 0. The third-order valence-electron chi connectivity index (χ3n) is 4.14. The molecule has 2 nitrogen and oxygen atoms in total. The van der Waals surface area contributed by atoms with E-state index in [-0.39, 0.29) is 0 Å². The van der Waals surface area contributed by atoms with Gasteiger partial charge in [-0.1, -0.05) is 33.6 Å². The smallest absolute Gasteiger partial charge is 0.0594 e. The molecule has 0 bridgehead atoms. The Morgan fingerprint density at radius 2 is 1.88 bits per heavy atom. The lowest BCUT2D eigenvalue weighted by molar-refractivity contribution is 0.00435. The second-order valence-corrected chi connectivity index (χ2v) is 5.72. The monoisotopic (exact) mass is 241 g/mol. The molecule has 1 aliphatic rings. The van der Waals surface area contributed by atoms with E-state index in [0.29, 0.717) is 6.10 Å². The Morgan fingerprint density at radius 1 is 1.06 bits per heavy atom. The van der Waals surface area contributed by atoms with E-state index in [1.165, 1.54) is 38.5 Å². The predicted octanol–water partition coefficient (Wildman–Crippen LogP) is 3.61. The van der Waals surface area contributed by atoms with Crippen molar-refractivity contribution in [3.8, 4) is 0 Å². The number of rotatable bonds is 8. The fourth-order valence-corrected chi connectivity index (χ4v) is 2.57. The summed E-state index contributed by atoms with van der Waals surface area (Å²) < 4.78 is 5.95. The van der Waals surface area contributed by atoms with Crippen LogP contribution in [0.5, 0.6) is 0 Å². The molecule has 0 saturated heterocycles. The van der Waals surface area contributed by atoms with Gasteiger partial charge in [0.05, 0.1) is 12.7 Å². The molecule has 0 aromatic carbocycles. The molecule has 0 heterocycles. The lowest BCUT2D eigenvalue weighted by Gasteiger charge is -2.32. The van der Waals surface area contributed by atoms with Crippen molar-refractivity contribution in [1.29, 1.82) is 0 Å². The summed E-state index contributed by atoms with van der Waals surface area (Å²) in [5, 5.41) is 3.45. The molecule has 0 spiro atoms. The topological polar surface area (TPSA) is 21.3 Å². The van der Waals surface area contributed by atoms with E-state index in [1.54, 1.807) is 0 Å². The fourth-order valence-electron chi connectivity index (χ4n) is 2.57. The van der Waals surface area contributed by atoms with Gasteiger partial charge in [-0.15, -0.1) is 0 Å². The average molecular weight is 241 g/mol. The molecule has 0 aromatic rings. The first-order chi connectivity index (χ1) is 8.24. The van der Waals surface area contributed by atoms with E-state index in [9.17, 15) is 0 Å². The number of nitrogens with one attached hydrogen (secondary N) is 1. The van der Waals surface area contributed by atoms with Crippen molar-refractivity contribution in [2.45, 2.75) is 65.4 Å². The Morgan fingerprint density at radius 3 is 2.59 bits per heavy atom. The lowest BCUT2D eigenvalue weighted by Crippen LogP contribution is -2.29. The summed E-state index contributed by atoms with van der Waals surface area (Å²) in [6.07, 6.45) is 8.34. The summed E-state index contributed by atoms with van der Waals surface area (Å²) >= 11 is 0. The van der Waals surface area contributed by atoms with Crippen LogP contribution in [0.15, 0.2) is 0 Å². The maximum Gasteiger partial charge on any atom is 0.0594 e. The highest BCUT2D eigenvalue weighted by molar-refractivity contribution is 4.75. The third-order valence-corrected chi connectivity index (χ3v) is 4.14. The van der Waals surface area contributed by atoms with Crippen molar-refractivity contribution in [3.63, 3.8) is 0 Å². The van der Waals surface area contributed by atoms with E-state index < -0.39 is 0 Å². The quantitative estimate of drug-likeness (QED) is 0.656. The van der Waals surface area contributed by atoms with Crippen molar-refractivity contribution in [3.05, 3.63) is 0 Å². The van der Waals surface area contributed by atoms with Crippen molar-refractivity contribution >= 4 is 0 Å². The van der Waals surface area contributed by atoms with Crippen LogP contribution in [0, 0.1) is 11.8 Å². The summed E-state index contributed by atoms with van der Waals surface area (Å²) in [7, 11) is 0. The third kappa shape index (κ3) is 6.42. The van der Waals surface area contributed by atoms with Crippen LogP contribution in [-0.4, -0.2) is 25.8 Å². The van der Waals surface area contributed by atoms with Crippen LogP contribution in [-0.2, 0) is 4.74 Å². The van der Waals surface area contributed by atoms with Crippen molar-refractivity contribution in [2.24, 2.45) is 11.8 Å². The molecule has 1 aliphatic carbocycles. The van der Waals surface area contributed by atoms with E-state index in [4.69, 9.17) is 4.74 Å². The Labute approximate surface area is 108 Å². The number of unbranched alkanes of at least 4 members (excludes halogenated alkanes) is 2. The van der Waals surface area contributed by atoms with Gasteiger partial charge in [0.25, 0.3) is 0 Å². The minimum atomic E-state index is 0.527. The van der Waals surface area contributed by atoms with Crippen LogP contribution in [0.4, 0.5) is 0 Å². The van der Waals surface area contributed by atoms with Crippen LogP contribution in [0.3, 0.4) is 0 Å². The molecule has 17 heavy (non-hydrogen) atoms. The van der Waals surface area contributed by atoms with E-state index in [2.05, 4.69) is 26.1 Å². The van der Waals surface area contributed by atoms with Gasteiger partial charge in [-0.05, 0) is 44.1 Å². The zero-order valence-corrected chi connectivity index (χ0v) is 12.0. The van der Waals surface area contributed by atoms with Crippen LogP contribution in [0.1, 0.15) is 59.3 Å². The first-order valence-corrected chi connectivity index (χ1v) is 7.56. The van der Waals surface area contributed by atoms with Gasteiger partial charge in [0.2, 0.25) is 0 Å². The first-order valence-electron chi connectivity index (χ1n) is 7.56. The molecule has 0 aliphatic heterocycles. The van der Waals surface area contributed by atoms with Gasteiger partial charge in [0.15, 0.2) is 0 Å². The molecule has 1 saturated carbocycles. The second-order valence-electron chi connectivity index (χ2n) is 5.72. The predicted molar refractivity (Wildman–Crippen MR) is 74.3 cm³/mol. The zero-order valence-electron chi connectivity index (χ0n) is 12.0. The largest absolute Gasteiger partial charge is 0.377 e. The van der Waals surface area contributed by atoms with Crippen molar-refractivity contribution < 1.29 is 4.74 Å². The SMILES string of the molecule is CCCCCNCCOC1CCC(C)C(C)C1. The van der Waals surface area contributed by atoms with Gasteiger partial charge in [-0.3, -0.25) is 0 Å². The molecular weight excluding hydrogens is 210 g/mol. The number of ether oxygens (including phenoxy) is 1. The molecule has 3 atom stereocenters. The molecule has 0 aromatic heterocycles. The number of hydrogen-bond donors (Lipinski definition) is 1. The average Bonchev–Trinajstić information content (AvgIpc) is 2.32. The lowest BCUT2D eigenvalue weighted by atomic mass is 9.80. The molecule has 1 N–H and O–H groups in total. The van der Waals surface area contributed by atoms with Crippen molar-refractivity contribution in [1.82, 2.24) is 5.32 Å². The van der Waals surface area contributed by atoms with E-state index in [1.807, 2.05) is 0 Å². The summed E-state index contributed by atoms with van der Waals surface area (Å²) in [5.41, 5.74) is 0. The highest BCUT2D eigenvalue weighted by Crippen LogP contribution is 2.30. The maximum absolute atomic E-state index is 5.95. The second kappa shape index (κ2) is 8.93. The van der Waals surface area contributed by atoms with Gasteiger partial charge in [-0.25, -0.2) is 0 Å². The normalized spacial score (nSPS) is 29.5. The Hall–Kier alpha value is -0.0800. The van der Waals surface area contributed by atoms with E-state index in [0.717, 1.165) is 31.5 Å². The molecule has 102 valence electrons. The van der Waals surface area contributed by atoms with Gasteiger partial charge < -0.3 is 10.1 Å². The fraction of sp³-hybridized carbons (Fsp3) is 1.00. The van der Waals surface area contributed by atoms with Crippen LogP contribution in [0.25, 0.3) is 0 Å². The highest BCUT2D eigenvalue weighted by Gasteiger charge is 2.24. The maximum atomic E-state index is 5.95.